The van der Waals surface area contributed by atoms with Crippen molar-refractivity contribution in [2.45, 2.75) is 71.1 Å². The third-order valence-corrected chi connectivity index (χ3v) is 4.67. The third-order valence-electron chi connectivity index (χ3n) is 4.67. The molecule has 0 atom stereocenters. The van der Waals surface area contributed by atoms with Crippen LogP contribution in [0.15, 0.2) is 0 Å². The highest BCUT2D eigenvalue weighted by Gasteiger charge is 2.33. The van der Waals surface area contributed by atoms with Crippen LogP contribution in [0, 0.1) is 11.3 Å². The second-order valence-electron chi connectivity index (χ2n) is 5.89. The summed E-state index contributed by atoms with van der Waals surface area (Å²) in [6.07, 6.45) is 12.3. The molecule has 1 rings (SSSR count). The maximum absolute atomic E-state index is 9.17. The molecule has 1 aliphatic rings. The van der Waals surface area contributed by atoms with Crippen LogP contribution < -0.4 is 0 Å². The first-order valence-electron chi connectivity index (χ1n) is 7.48. The monoisotopic (exact) mass is 242 g/mol. The second-order valence-corrected chi connectivity index (χ2v) is 5.89. The van der Waals surface area contributed by atoms with E-state index in [1.807, 2.05) is 0 Å². The molecular weight excluding hydrogens is 212 g/mol. The molecule has 0 unspecified atom stereocenters. The fourth-order valence-corrected chi connectivity index (χ4v) is 3.36. The molecule has 0 amide bonds. The van der Waals surface area contributed by atoms with Crippen LogP contribution in [0.1, 0.15) is 71.1 Å². The highest BCUT2D eigenvalue weighted by molar-refractivity contribution is 4.85. The SMILES string of the molecule is CCCCCC1CCC(CCO)(CCO)CC1. The lowest BCUT2D eigenvalue weighted by atomic mass is 9.66. The highest BCUT2D eigenvalue weighted by atomic mass is 16.3. The number of aliphatic hydroxyl groups excluding tert-OH is 2. The molecular formula is C15H30O2. The van der Waals surface area contributed by atoms with Gasteiger partial charge in [0.2, 0.25) is 0 Å². The molecule has 102 valence electrons. The van der Waals surface area contributed by atoms with Gasteiger partial charge in [-0.1, -0.05) is 32.6 Å². The van der Waals surface area contributed by atoms with E-state index in [2.05, 4.69) is 6.92 Å². The molecule has 0 spiro atoms. The van der Waals surface area contributed by atoms with Crippen molar-refractivity contribution < 1.29 is 10.2 Å². The summed E-state index contributed by atoms with van der Waals surface area (Å²) in [6.45, 7) is 2.81. The highest BCUT2D eigenvalue weighted by Crippen LogP contribution is 2.45. The van der Waals surface area contributed by atoms with Crippen molar-refractivity contribution in [3.05, 3.63) is 0 Å². The predicted molar refractivity (Wildman–Crippen MR) is 71.9 cm³/mol. The van der Waals surface area contributed by atoms with Crippen LogP contribution in [-0.4, -0.2) is 23.4 Å². The van der Waals surface area contributed by atoms with Crippen LogP contribution in [0.4, 0.5) is 0 Å². The predicted octanol–water partition coefficient (Wildman–Crippen LogP) is 3.51. The summed E-state index contributed by atoms with van der Waals surface area (Å²) in [6, 6.07) is 0. The van der Waals surface area contributed by atoms with Crippen molar-refractivity contribution in [2.75, 3.05) is 13.2 Å². The molecule has 0 radical (unpaired) electrons. The van der Waals surface area contributed by atoms with Crippen molar-refractivity contribution in [1.29, 1.82) is 0 Å². The molecule has 2 nitrogen and oxygen atoms in total. The van der Waals surface area contributed by atoms with Crippen LogP contribution >= 0.6 is 0 Å². The summed E-state index contributed by atoms with van der Waals surface area (Å²) < 4.78 is 0. The average molecular weight is 242 g/mol. The van der Waals surface area contributed by atoms with Gasteiger partial charge in [0, 0.05) is 13.2 Å². The molecule has 0 aromatic carbocycles. The fourth-order valence-electron chi connectivity index (χ4n) is 3.36. The standard InChI is InChI=1S/C15H30O2/c1-2-3-4-5-14-6-8-15(9-7-14,10-12-16)11-13-17/h14,16-17H,2-13H2,1H3. The Bertz CT molecular complexity index is 175. The summed E-state index contributed by atoms with van der Waals surface area (Å²) >= 11 is 0. The Hall–Kier alpha value is -0.0800. The molecule has 2 N–H and O–H groups in total. The molecule has 0 aromatic heterocycles. The van der Waals surface area contributed by atoms with E-state index in [1.54, 1.807) is 0 Å². The van der Waals surface area contributed by atoms with E-state index >= 15 is 0 Å². The molecule has 1 saturated carbocycles. The van der Waals surface area contributed by atoms with Gasteiger partial charge in [0.25, 0.3) is 0 Å². The number of rotatable bonds is 8. The lowest BCUT2D eigenvalue weighted by Gasteiger charge is -2.40. The molecule has 1 aliphatic carbocycles. The van der Waals surface area contributed by atoms with E-state index in [0.717, 1.165) is 18.8 Å². The maximum atomic E-state index is 9.17. The third kappa shape index (κ3) is 4.97. The number of aliphatic hydroxyl groups is 2. The summed E-state index contributed by atoms with van der Waals surface area (Å²) in [5.74, 6) is 0.909. The Balaban J connectivity index is 2.30. The molecule has 0 aromatic rings. The molecule has 17 heavy (non-hydrogen) atoms. The lowest BCUT2D eigenvalue weighted by Crippen LogP contribution is -2.29. The van der Waals surface area contributed by atoms with Crippen molar-refractivity contribution >= 4 is 0 Å². The van der Waals surface area contributed by atoms with E-state index in [-0.39, 0.29) is 18.6 Å². The van der Waals surface area contributed by atoms with Crippen molar-refractivity contribution in [1.82, 2.24) is 0 Å². The molecule has 0 saturated heterocycles. The van der Waals surface area contributed by atoms with Crippen LogP contribution in [0.25, 0.3) is 0 Å². The van der Waals surface area contributed by atoms with E-state index in [0.29, 0.717) is 0 Å². The minimum absolute atomic E-state index is 0.255. The first-order valence-corrected chi connectivity index (χ1v) is 7.48. The van der Waals surface area contributed by atoms with E-state index in [1.165, 1.54) is 51.4 Å². The van der Waals surface area contributed by atoms with Gasteiger partial charge in [0.1, 0.15) is 0 Å². The number of hydrogen-bond donors (Lipinski definition) is 2. The minimum Gasteiger partial charge on any atom is -0.396 e. The Labute approximate surface area is 106 Å². The summed E-state index contributed by atoms with van der Waals surface area (Å²) in [5, 5.41) is 18.3. The Morgan fingerprint density at radius 3 is 2.06 bits per heavy atom. The van der Waals surface area contributed by atoms with Crippen LogP contribution in [0.3, 0.4) is 0 Å². The van der Waals surface area contributed by atoms with Gasteiger partial charge < -0.3 is 10.2 Å². The van der Waals surface area contributed by atoms with Gasteiger partial charge in [-0.15, -0.1) is 0 Å². The largest absolute Gasteiger partial charge is 0.396 e. The van der Waals surface area contributed by atoms with Crippen molar-refractivity contribution in [3.63, 3.8) is 0 Å². The molecule has 0 aliphatic heterocycles. The van der Waals surface area contributed by atoms with E-state index < -0.39 is 0 Å². The maximum Gasteiger partial charge on any atom is 0.0436 e. The van der Waals surface area contributed by atoms with Crippen molar-refractivity contribution in [3.8, 4) is 0 Å². The summed E-state index contributed by atoms with van der Waals surface area (Å²) in [7, 11) is 0. The summed E-state index contributed by atoms with van der Waals surface area (Å²) in [5.41, 5.74) is 0.255. The van der Waals surface area contributed by atoms with E-state index in [9.17, 15) is 0 Å². The zero-order valence-electron chi connectivity index (χ0n) is 11.5. The number of hydrogen-bond acceptors (Lipinski definition) is 2. The zero-order valence-corrected chi connectivity index (χ0v) is 11.5. The first kappa shape index (κ1) is 15.0. The van der Waals surface area contributed by atoms with Gasteiger partial charge in [-0.3, -0.25) is 0 Å². The topological polar surface area (TPSA) is 40.5 Å². The van der Waals surface area contributed by atoms with Crippen molar-refractivity contribution in [2.24, 2.45) is 11.3 Å². The zero-order chi connectivity index (χ0) is 12.6. The van der Waals surface area contributed by atoms with Crippen LogP contribution in [0.5, 0.6) is 0 Å². The van der Waals surface area contributed by atoms with Gasteiger partial charge in [-0.2, -0.15) is 0 Å². The molecule has 0 heterocycles. The average Bonchev–Trinajstić information content (AvgIpc) is 2.33. The Kier molecular flexibility index (Phi) is 7.14. The van der Waals surface area contributed by atoms with E-state index in [4.69, 9.17) is 10.2 Å². The Morgan fingerprint density at radius 1 is 1.00 bits per heavy atom. The smallest absolute Gasteiger partial charge is 0.0436 e. The Morgan fingerprint density at radius 2 is 1.59 bits per heavy atom. The minimum atomic E-state index is 0.255. The van der Waals surface area contributed by atoms with Crippen LogP contribution in [0.2, 0.25) is 0 Å². The van der Waals surface area contributed by atoms with Crippen LogP contribution in [-0.2, 0) is 0 Å². The van der Waals surface area contributed by atoms with Gasteiger partial charge in [-0.25, -0.2) is 0 Å². The lowest BCUT2D eigenvalue weighted by molar-refractivity contribution is 0.0715. The molecule has 2 heteroatoms. The first-order chi connectivity index (χ1) is 8.26. The normalized spacial score (nSPS) is 20.6. The second kappa shape index (κ2) is 8.10. The van der Waals surface area contributed by atoms with Gasteiger partial charge >= 0.3 is 0 Å². The fraction of sp³-hybridized carbons (Fsp3) is 1.00. The van der Waals surface area contributed by atoms with Gasteiger partial charge in [-0.05, 0) is 49.9 Å². The van der Waals surface area contributed by atoms with Gasteiger partial charge in [0.15, 0.2) is 0 Å². The number of unbranched alkanes of at least 4 members (excludes halogenated alkanes) is 2. The molecule has 0 bridgehead atoms. The summed E-state index contributed by atoms with van der Waals surface area (Å²) in [4.78, 5) is 0. The van der Waals surface area contributed by atoms with Gasteiger partial charge in [0.05, 0.1) is 0 Å². The quantitative estimate of drug-likeness (QED) is 0.639. The molecule has 1 fully saturated rings.